The summed E-state index contributed by atoms with van der Waals surface area (Å²) in [5.41, 5.74) is 6.18. The third kappa shape index (κ3) is 1.37. The number of nitrogens with two attached hydrogens (primary N) is 1. The fourth-order valence-corrected chi connectivity index (χ4v) is 2.27. The SMILES string of the molecule is NC1(c2cc3c(cc2F)OCCO3)CCC1. The smallest absolute Gasteiger partial charge is 0.164 e. The zero-order valence-corrected chi connectivity index (χ0v) is 8.96. The van der Waals surface area contributed by atoms with Crippen LogP contribution in [0, 0.1) is 5.82 Å². The van der Waals surface area contributed by atoms with E-state index in [4.69, 9.17) is 15.2 Å². The number of rotatable bonds is 1. The van der Waals surface area contributed by atoms with Crippen LogP contribution in [-0.4, -0.2) is 13.2 Å². The third-order valence-corrected chi connectivity index (χ3v) is 3.41. The quantitative estimate of drug-likeness (QED) is 0.791. The minimum Gasteiger partial charge on any atom is -0.486 e. The molecule has 0 amide bonds. The Morgan fingerprint density at radius 1 is 1.12 bits per heavy atom. The van der Waals surface area contributed by atoms with E-state index in [1.54, 1.807) is 6.07 Å². The second-order valence-electron chi connectivity index (χ2n) is 4.49. The molecule has 0 spiro atoms. The molecule has 0 bridgehead atoms. The van der Waals surface area contributed by atoms with Crippen molar-refractivity contribution in [1.29, 1.82) is 0 Å². The van der Waals surface area contributed by atoms with E-state index in [-0.39, 0.29) is 5.82 Å². The molecular formula is C12H14FNO2. The zero-order valence-electron chi connectivity index (χ0n) is 8.96. The van der Waals surface area contributed by atoms with E-state index in [1.165, 1.54) is 6.07 Å². The average molecular weight is 223 g/mol. The summed E-state index contributed by atoms with van der Waals surface area (Å²) >= 11 is 0. The van der Waals surface area contributed by atoms with Crippen LogP contribution in [0.2, 0.25) is 0 Å². The molecule has 16 heavy (non-hydrogen) atoms. The summed E-state index contributed by atoms with van der Waals surface area (Å²) in [6.45, 7) is 0.981. The van der Waals surface area contributed by atoms with Crippen LogP contribution < -0.4 is 15.2 Å². The van der Waals surface area contributed by atoms with E-state index in [9.17, 15) is 4.39 Å². The van der Waals surface area contributed by atoms with E-state index >= 15 is 0 Å². The average Bonchev–Trinajstić information content (AvgIpc) is 2.25. The van der Waals surface area contributed by atoms with E-state index < -0.39 is 5.54 Å². The molecule has 0 unspecified atom stereocenters. The van der Waals surface area contributed by atoms with Crippen molar-refractivity contribution >= 4 is 0 Å². The van der Waals surface area contributed by atoms with Gasteiger partial charge in [-0.25, -0.2) is 4.39 Å². The molecule has 3 rings (SSSR count). The molecule has 1 aromatic carbocycles. The van der Waals surface area contributed by atoms with Gasteiger partial charge in [0.25, 0.3) is 0 Å². The minimum absolute atomic E-state index is 0.286. The number of ether oxygens (including phenoxy) is 2. The molecule has 1 saturated carbocycles. The molecule has 0 atom stereocenters. The highest BCUT2D eigenvalue weighted by molar-refractivity contribution is 5.47. The van der Waals surface area contributed by atoms with Gasteiger partial charge in [-0.3, -0.25) is 0 Å². The van der Waals surface area contributed by atoms with Crippen molar-refractivity contribution in [3.8, 4) is 11.5 Å². The topological polar surface area (TPSA) is 44.5 Å². The Morgan fingerprint density at radius 3 is 2.31 bits per heavy atom. The Bertz CT molecular complexity index is 429. The number of hydrogen-bond donors (Lipinski definition) is 1. The van der Waals surface area contributed by atoms with Crippen LogP contribution in [0.5, 0.6) is 11.5 Å². The number of halogens is 1. The van der Waals surface area contributed by atoms with Gasteiger partial charge in [0.1, 0.15) is 19.0 Å². The molecule has 4 heteroatoms. The van der Waals surface area contributed by atoms with Gasteiger partial charge in [-0.1, -0.05) is 0 Å². The fourth-order valence-electron chi connectivity index (χ4n) is 2.27. The van der Waals surface area contributed by atoms with Crippen LogP contribution in [0.1, 0.15) is 24.8 Å². The Labute approximate surface area is 93.3 Å². The minimum atomic E-state index is -0.500. The standard InChI is InChI=1S/C12H14FNO2/c13-9-7-11-10(15-4-5-16-11)6-8(9)12(14)2-1-3-12/h6-7H,1-5,14H2. The number of hydrogen-bond acceptors (Lipinski definition) is 3. The Kier molecular flexibility index (Phi) is 2.07. The summed E-state index contributed by atoms with van der Waals surface area (Å²) in [7, 11) is 0. The van der Waals surface area contributed by atoms with Crippen LogP contribution in [0.4, 0.5) is 4.39 Å². The first kappa shape index (κ1) is 9.90. The van der Waals surface area contributed by atoms with E-state index in [1.807, 2.05) is 0 Å². The normalized spacial score (nSPS) is 21.4. The lowest BCUT2D eigenvalue weighted by molar-refractivity contribution is 0.168. The van der Waals surface area contributed by atoms with Crippen LogP contribution in [0.15, 0.2) is 12.1 Å². The van der Waals surface area contributed by atoms with Gasteiger partial charge in [0.2, 0.25) is 0 Å². The first-order valence-corrected chi connectivity index (χ1v) is 5.58. The molecule has 2 aliphatic rings. The second-order valence-corrected chi connectivity index (χ2v) is 4.49. The van der Waals surface area contributed by atoms with Crippen molar-refractivity contribution in [3.05, 3.63) is 23.5 Å². The maximum atomic E-state index is 13.9. The highest BCUT2D eigenvalue weighted by Crippen LogP contribution is 2.43. The molecule has 0 aromatic heterocycles. The third-order valence-electron chi connectivity index (χ3n) is 3.41. The van der Waals surface area contributed by atoms with Gasteiger partial charge in [0.05, 0.1) is 0 Å². The lowest BCUT2D eigenvalue weighted by Crippen LogP contribution is -2.44. The summed E-state index contributed by atoms with van der Waals surface area (Å²) in [5.74, 6) is 0.807. The summed E-state index contributed by atoms with van der Waals surface area (Å²) in [6.07, 6.45) is 2.73. The van der Waals surface area contributed by atoms with Crippen LogP contribution >= 0.6 is 0 Å². The van der Waals surface area contributed by atoms with Gasteiger partial charge in [0, 0.05) is 17.2 Å². The maximum Gasteiger partial charge on any atom is 0.164 e. The predicted molar refractivity (Wildman–Crippen MR) is 57.1 cm³/mol. The van der Waals surface area contributed by atoms with E-state index in [0.29, 0.717) is 30.3 Å². The van der Waals surface area contributed by atoms with Gasteiger partial charge in [-0.05, 0) is 25.3 Å². The number of benzene rings is 1. The predicted octanol–water partition coefficient (Wildman–Crippen LogP) is 1.93. The second kappa shape index (κ2) is 3.35. The van der Waals surface area contributed by atoms with Crippen LogP contribution in [0.25, 0.3) is 0 Å². The highest BCUT2D eigenvalue weighted by Gasteiger charge is 2.37. The lowest BCUT2D eigenvalue weighted by atomic mass is 9.72. The van der Waals surface area contributed by atoms with Gasteiger partial charge < -0.3 is 15.2 Å². The fraction of sp³-hybridized carbons (Fsp3) is 0.500. The van der Waals surface area contributed by atoms with E-state index in [2.05, 4.69) is 0 Å². The van der Waals surface area contributed by atoms with Crippen molar-refractivity contribution in [2.75, 3.05) is 13.2 Å². The summed E-state index contributed by atoms with van der Waals surface area (Å²) in [4.78, 5) is 0. The largest absolute Gasteiger partial charge is 0.486 e. The summed E-state index contributed by atoms with van der Waals surface area (Å²) < 4.78 is 24.6. The molecule has 3 nitrogen and oxygen atoms in total. The van der Waals surface area contributed by atoms with E-state index in [0.717, 1.165) is 19.3 Å². The molecule has 1 fully saturated rings. The monoisotopic (exact) mass is 223 g/mol. The van der Waals surface area contributed by atoms with Crippen molar-refractivity contribution in [1.82, 2.24) is 0 Å². The van der Waals surface area contributed by atoms with Crippen molar-refractivity contribution in [2.45, 2.75) is 24.8 Å². The summed E-state index contributed by atoms with van der Waals surface area (Å²) in [6, 6.07) is 3.08. The zero-order chi connectivity index (χ0) is 11.2. The van der Waals surface area contributed by atoms with Gasteiger partial charge in [-0.15, -0.1) is 0 Å². The van der Waals surface area contributed by atoms with Crippen molar-refractivity contribution < 1.29 is 13.9 Å². The van der Waals surface area contributed by atoms with Crippen LogP contribution in [-0.2, 0) is 5.54 Å². The Hall–Kier alpha value is -1.29. The van der Waals surface area contributed by atoms with Crippen molar-refractivity contribution in [3.63, 3.8) is 0 Å². The molecule has 1 aliphatic carbocycles. The highest BCUT2D eigenvalue weighted by atomic mass is 19.1. The molecule has 1 heterocycles. The summed E-state index contributed by atoms with van der Waals surface area (Å²) in [5, 5.41) is 0. The molecule has 86 valence electrons. The molecule has 1 aliphatic heterocycles. The molecular weight excluding hydrogens is 209 g/mol. The van der Waals surface area contributed by atoms with Crippen molar-refractivity contribution in [2.24, 2.45) is 5.73 Å². The number of fused-ring (bicyclic) bond motifs is 1. The molecule has 2 N–H and O–H groups in total. The lowest BCUT2D eigenvalue weighted by Gasteiger charge is -2.39. The molecule has 1 aromatic rings. The Morgan fingerprint density at radius 2 is 1.75 bits per heavy atom. The molecule has 0 saturated heterocycles. The first-order chi connectivity index (χ1) is 7.69. The van der Waals surface area contributed by atoms with Gasteiger partial charge in [0.15, 0.2) is 11.5 Å². The van der Waals surface area contributed by atoms with Gasteiger partial charge >= 0.3 is 0 Å². The Balaban J connectivity index is 2.05. The molecule has 0 radical (unpaired) electrons. The maximum absolute atomic E-state index is 13.9. The van der Waals surface area contributed by atoms with Gasteiger partial charge in [-0.2, -0.15) is 0 Å². The van der Waals surface area contributed by atoms with Crippen LogP contribution in [0.3, 0.4) is 0 Å². The first-order valence-electron chi connectivity index (χ1n) is 5.58.